The van der Waals surface area contributed by atoms with Gasteiger partial charge >= 0.3 is 0 Å². The van der Waals surface area contributed by atoms with E-state index in [1.165, 1.54) is 29.3 Å². The molecule has 1 aromatic rings. The Hall–Kier alpha value is -0.380. The van der Waals surface area contributed by atoms with Crippen molar-refractivity contribution in [2.24, 2.45) is 5.92 Å². The molecular formula is C17H24BrNO. The third-order valence-electron chi connectivity index (χ3n) is 4.90. The number of rotatable bonds is 5. The zero-order chi connectivity index (χ0) is 13.9. The maximum absolute atomic E-state index is 5.76. The lowest BCUT2D eigenvalue weighted by Gasteiger charge is -2.37. The van der Waals surface area contributed by atoms with Crippen molar-refractivity contribution in [3.8, 4) is 0 Å². The van der Waals surface area contributed by atoms with Gasteiger partial charge in [0.05, 0.1) is 6.10 Å². The molecule has 2 unspecified atom stereocenters. The van der Waals surface area contributed by atoms with Gasteiger partial charge in [0.2, 0.25) is 0 Å². The molecule has 0 aromatic heterocycles. The van der Waals surface area contributed by atoms with Gasteiger partial charge in [0.1, 0.15) is 0 Å². The van der Waals surface area contributed by atoms with Crippen molar-refractivity contribution in [2.75, 3.05) is 13.2 Å². The molecule has 0 bridgehead atoms. The van der Waals surface area contributed by atoms with E-state index in [0.29, 0.717) is 12.1 Å². The lowest BCUT2D eigenvalue weighted by Crippen LogP contribution is -2.43. The molecule has 2 fully saturated rings. The van der Waals surface area contributed by atoms with E-state index in [1.54, 1.807) is 0 Å². The summed E-state index contributed by atoms with van der Waals surface area (Å²) in [4.78, 5) is 0. The number of ether oxygens (including phenoxy) is 1. The van der Waals surface area contributed by atoms with Crippen LogP contribution in [0.25, 0.3) is 0 Å². The average Bonchev–Trinajstić information content (AvgIpc) is 2.86. The lowest BCUT2D eigenvalue weighted by molar-refractivity contribution is 0.0853. The van der Waals surface area contributed by atoms with Crippen LogP contribution in [0.1, 0.15) is 44.1 Å². The molecule has 110 valence electrons. The zero-order valence-electron chi connectivity index (χ0n) is 12.1. The highest BCUT2D eigenvalue weighted by Crippen LogP contribution is 2.37. The summed E-state index contributed by atoms with van der Waals surface area (Å²) in [6.45, 7) is 4.32. The van der Waals surface area contributed by atoms with Crippen molar-refractivity contribution in [1.82, 2.24) is 5.32 Å². The summed E-state index contributed by atoms with van der Waals surface area (Å²) in [5, 5.41) is 3.75. The normalized spacial score (nSPS) is 33.1. The number of nitrogens with one attached hydrogen (secondary N) is 1. The molecule has 1 heterocycles. The third kappa shape index (κ3) is 3.26. The molecule has 3 rings (SSSR count). The standard InChI is InChI=1S/C17H24BrNO/c1-2-17-13(7-8-20-17)11-19-16-9-14(10-16)12-3-5-15(18)6-4-12/h3-6,13-14,16-17,19H,2,7-11H2,1H3. The first-order valence-electron chi connectivity index (χ1n) is 7.86. The average molecular weight is 338 g/mol. The van der Waals surface area contributed by atoms with Gasteiger partial charge in [-0.3, -0.25) is 0 Å². The van der Waals surface area contributed by atoms with Crippen LogP contribution in [0.5, 0.6) is 0 Å². The van der Waals surface area contributed by atoms with Gasteiger partial charge in [0.25, 0.3) is 0 Å². The summed E-state index contributed by atoms with van der Waals surface area (Å²) < 4.78 is 6.92. The van der Waals surface area contributed by atoms with Gasteiger partial charge in [0, 0.05) is 23.7 Å². The van der Waals surface area contributed by atoms with Crippen LogP contribution < -0.4 is 5.32 Å². The van der Waals surface area contributed by atoms with Crippen LogP contribution in [0.3, 0.4) is 0 Å². The Balaban J connectivity index is 1.41. The van der Waals surface area contributed by atoms with Gasteiger partial charge in [-0.05, 0) is 55.2 Å². The van der Waals surface area contributed by atoms with E-state index < -0.39 is 0 Å². The minimum absolute atomic E-state index is 0.491. The summed E-state index contributed by atoms with van der Waals surface area (Å²) in [6.07, 6.45) is 5.44. The molecule has 0 spiro atoms. The molecule has 20 heavy (non-hydrogen) atoms. The molecule has 1 N–H and O–H groups in total. The Bertz CT molecular complexity index is 427. The molecule has 1 aliphatic carbocycles. The van der Waals surface area contributed by atoms with Gasteiger partial charge < -0.3 is 10.1 Å². The highest BCUT2D eigenvalue weighted by atomic mass is 79.9. The van der Waals surface area contributed by atoms with E-state index in [1.807, 2.05) is 0 Å². The zero-order valence-corrected chi connectivity index (χ0v) is 13.7. The molecule has 0 radical (unpaired) electrons. The van der Waals surface area contributed by atoms with Gasteiger partial charge in [-0.1, -0.05) is 35.0 Å². The van der Waals surface area contributed by atoms with Crippen LogP contribution in [0.2, 0.25) is 0 Å². The number of benzene rings is 1. The van der Waals surface area contributed by atoms with Crippen LogP contribution in [0, 0.1) is 5.92 Å². The summed E-state index contributed by atoms with van der Waals surface area (Å²) in [5.74, 6) is 1.48. The summed E-state index contributed by atoms with van der Waals surface area (Å²) >= 11 is 3.50. The monoisotopic (exact) mass is 337 g/mol. The molecule has 3 heteroatoms. The maximum atomic E-state index is 5.76. The van der Waals surface area contributed by atoms with E-state index in [4.69, 9.17) is 4.74 Å². The topological polar surface area (TPSA) is 21.3 Å². The molecule has 2 nitrogen and oxygen atoms in total. The van der Waals surface area contributed by atoms with Crippen LogP contribution in [-0.4, -0.2) is 25.3 Å². The Morgan fingerprint density at radius 2 is 2.00 bits per heavy atom. The second-order valence-electron chi connectivity index (χ2n) is 6.19. The van der Waals surface area contributed by atoms with E-state index >= 15 is 0 Å². The van der Waals surface area contributed by atoms with Gasteiger partial charge in [-0.25, -0.2) is 0 Å². The number of hydrogen-bond acceptors (Lipinski definition) is 2. The fourth-order valence-electron chi connectivity index (χ4n) is 3.49. The third-order valence-corrected chi connectivity index (χ3v) is 5.43. The Labute approximate surface area is 130 Å². The van der Waals surface area contributed by atoms with Crippen LogP contribution >= 0.6 is 15.9 Å². The van der Waals surface area contributed by atoms with Crippen molar-refractivity contribution in [3.63, 3.8) is 0 Å². The minimum Gasteiger partial charge on any atom is -0.378 e. The van der Waals surface area contributed by atoms with Crippen molar-refractivity contribution < 1.29 is 4.74 Å². The van der Waals surface area contributed by atoms with E-state index in [9.17, 15) is 0 Å². The minimum atomic E-state index is 0.491. The summed E-state index contributed by atoms with van der Waals surface area (Å²) in [6, 6.07) is 9.52. The Morgan fingerprint density at radius 1 is 1.25 bits per heavy atom. The molecule has 1 aliphatic heterocycles. The number of hydrogen-bond donors (Lipinski definition) is 1. The van der Waals surface area contributed by atoms with Crippen molar-refractivity contribution in [3.05, 3.63) is 34.3 Å². The van der Waals surface area contributed by atoms with Crippen LogP contribution in [0.15, 0.2) is 28.7 Å². The second kappa shape index (κ2) is 6.59. The second-order valence-corrected chi connectivity index (χ2v) is 7.11. The predicted molar refractivity (Wildman–Crippen MR) is 86.0 cm³/mol. The molecule has 0 amide bonds. The molecule has 1 saturated carbocycles. The summed E-state index contributed by atoms with van der Waals surface area (Å²) in [7, 11) is 0. The van der Waals surface area contributed by atoms with E-state index in [0.717, 1.165) is 31.4 Å². The van der Waals surface area contributed by atoms with Crippen molar-refractivity contribution in [1.29, 1.82) is 0 Å². The molecule has 1 aromatic carbocycles. The highest BCUT2D eigenvalue weighted by Gasteiger charge is 2.32. The quantitative estimate of drug-likeness (QED) is 0.873. The van der Waals surface area contributed by atoms with Crippen molar-refractivity contribution >= 4 is 15.9 Å². The SMILES string of the molecule is CCC1OCCC1CNC1CC(c2ccc(Br)cc2)C1. The molecule has 2 aliphatic rings. The van der Waals surface area contributed by atoms with Crippen molar-refractivity contribution in [2.45, 2.75) is 50.7 Å². The van der Waals surface area contributed by atoms with E-state index in [2.05, 4.69) is 52.4 Å². The van der Waals surface area contributed by atoms with Gasteiger partial charge in [-0.15, -0.1) is 0 Å². The first-order chi connectivity index (χ1) is 9.76. The van der Waals surface area contributed by atoms with Gasteiger partial charge in [0.15, 0.2) is 0 Å². The summed E-state index contributed by atoms with van der Waals surface area (Å²) in [5.41, 5.74) is 1.49. The lowest BCUT2D eigenvalue weighted by atomic mass is 9.75. The Kier molecular flexibility index (Phi) is 4.79. The van der Waals surface area contributed by atoms with Crippen LogP contribution in [-0.2, 0) is 4.74 Å². The predicted octanol–water partition coefficient (Wildman–Crippen LogP) is 4.10. The Morgan fingerprint density at radius 3 is 2.70 bits per heavy atom. The van der Waals surface area contributed by atoms with Crippen LogP contribution in [0.4, 0.5) is 0 Å². The first-order valence-corrected chi connectivity index (χ1v) is 8.66. The highest BCUT2D eigenvalue weighted by molar-refractivity contribution is 9.10. The molecule has 2 atom stereocenters. The molecular weight excluding hydrogens is 314 g/mol. The van der Waals surface area contributed by atoms with Gasteiger partial charge in [-0.2, -0.15) is 0 Å². The smallest absolute Gasteiger partial charge is 0.0613 e. The van der Waals surface area contributed by atoms with E-state index in [-0.39, 0.29) is 0 Å². The number of halogens is 1. The first kappa shape index (κ1) is 14.6. The maximum Gasteiger partial charge on any atom is 0.0613 e. The fourth-order valence-corrected chi connectivity index (χ4v) is 3.75. The fraction of sp³-hybridized carbons (Fsp3) is 0.647. The largest absolute Gasteiger partial charge is 0.378 e. The molecule has 1 saturated heterocycles.